The first-order valence-electron chi connectivity index (χ1n) is 8.84. The van der Waals surface area contributed by atoms with Gasteiger partial charge in [-0.1, -0.05) is 87.1 Å². The van der Waals surface area contributed by atoms with Crippen molar-refractivity contribution in [1.29, 1.82) is 0 Å². The van der Waals surface area contributed by atoms with Gasteiger partial charge in [-0.15, -0.1) is 0 Å². The Morgan fingerprint density at radius 1 is 0.600 bits per heavy atom. The third-order valence-corrected chi connectivity index (χ3v) is 4.82. The molecular formula is C20H32. The van der Waals surface area contributed by atoms with Gasteiger partial charge in [0.05, 0.1) is 0 Å². The van der Waals surface area contributed by atoms with Crippen LogP contribution in [0, 0.1) is 13.8 Å². The van der Waals surface area contributed by atoms with Crippen LogP contribution in [0.2, 0.25) is 0 Å². The summed E-state index contributed by atoms with van der Waals surface area (Å²) in [5.41, 5.74) is 4.48. The Labute approximate surface area is 126 Å². The van der Waals surface area contributed by atoms with E-state index in [9.17, 15) is 0 Å². The van der Waals surface area contributed by atoms with E-state index in [4.69, 9.17) is 0 Å². The molecule has 1 aromatic carbocycles. The lowest BCUT2D eigenvalue weighted by molar-refractivity contribution is 0.467. The fourth-order valence-corrected chi connectivity index (χ4v) is 3.74. The second kappa shape index (κ2) is 8.49. The van der Waals surface area contributed by atoms with E-state index in [2.05, 4.69) is 32.0 Å². The highest BCUT2D eigenvalue weighted by molar-refractivity contribution is 5.31. The summed E-state index contributed by atoms with van der Waals surface area (Å²) in [5, 5.41) is 0. The van der Waals surface area contributed by atoms with Gasteiger partial charge in [-0.3, -0.25) is 0 Å². The van der Waals surface area contributed by atoms with E-state index in [1.807, 2.05) is 0 Å². The Morgan fingerprint density at radius 2 is 1.00 bits per heavy atom. The van der Waals surface area contributed by atoms with E-state index < -0.39 is 0 Å². The van der Waals surface area contributed by atoms with E-state index in [0.29, 0.717) is 0 Å². The highest BCUT2D eigenvalue weighted by Gasteiger charge is 2.12. The normalized spacial score (nSPS) is 20.1. The van der Waals surface area contributed by atoms with Gasteiger partial charge in [-0.2, -0.15) is 0 Å². The number of hydrogen-bond donors (Lipinski definition) is 0. The van der Waals surface area contributed by atoms with Gasteiger partial charge in [0.25, 0.3) is 0 Å². The van der Waals surface area contributed by atoms with Crippen molar-refractivity contribution in [2.45, 2.75) is 90.4 Å². The van der Waals surface area contributed by atoms with Crippen molar-refractivity contribution in [3.05, 3.63) is 34.9 Å². The van der Waals surface area contributed by atoms with Gasteiger partial charge in [0.15, 0.2) is 0 Å². The van der Waals surface area contributed by atoms with Crippen LogP contribution in [-0.2, 0) is 0 Å². The van der Waals surface area contributed by atoms with Gasteiger partial charge in [0, 0.05) is 0 Å². The Bertz CT molecular complexity index is 359. The molecule has 0 heteroatoms. The standard InChI is InChI=1S/C20H32/c1-17-14-18(2)16-20(15-17)19-12-10-8-6-4-3-5-7-9-11-13-19/h14-16,19H,3-13H2,1-2H3. The highest BCUT2D eigenvalue weighted by Crippen LogP contribution is 2.30. The first-order chi connectivity index (χ1) is 9.75. The molecule has 0 aromatic heterocycles. The maximum atomic E-state index is 2.43. The molecule has 0 atom stereocenters. The van der Waals surface area contributed by atoms with Crippen LogP contribution in [-0.4, -0.2) is 0 Å². The molecule has 0 N–H and O–H groups in total. The Kier molecular flexibility index (Phi) is 6.63. The summed E-state index contributed by atoms with van der Waals surface area (Å²) in [4.78, 5) is 0. The summed E-state index contributed by atoms with van der Waals surface area (Å²) in [7, 11) is 0. The van der Waals surface area contributed by atoms with E-state index in [1.165, 1.54) is 81.8 Å². The van der Waals surface area contributed by atoms with Crippen LogP contribution >= 0.6 is 0 Å². The first kappa shape index (κ1) is 15.6. The zero-order chi connectivity index (χ0) is 14.2. The SMILES string of the molecule is Cc1cc(C)cc(C2CCCCCCCCCCC2)c1. The molecule has 0 heterocycles. The van der Waals surface area contributed by atoms with E-state index in [-0.39, 0.29) is 0 Å². The van der Waals surface area contributed by atoms with E-state index in [0.717, 1.165) is 5.92 Å². The first-order valence-corrected chi connectivity index (χ1v) is 8.84. The lowest BCUT2D eigenvalue weighted by atomic mass is 9.86. The molecule has 0 amide bonds. The average molecular weight is 272 g/mol. The summed E-state index contributed by atoms with van der Waals surface area (Å²) < 4.78 is 0. The zero-order valence-corrected chi connectivity index (χ0v) is 13.6. The minimum Gasteiger partial charge on any atom is -0.0564 e. The molecule has 0 spiro atoms. The molecular weight excluding hydrogens is 240 g/mol. The van der Waals surface area contributed by atoms with Crippen molar-refractivity contribution in [2.24, 2.45) is 0 Å². The molecule has 1 aliphatic rings. The number of rotatable bonds is 1. The van der Waals surface area contributed by atoms with Crippen LogP contribution in [0.3, 0.4) is 0 Å². The summed E-state index contributed by atoms with van der Waals surface area (Å²) in [6, 6.07) is 7.17. The Hall–Kier alpha value is -0.780. The van der Waals surface area contributed by atoms with Crippen molar-refractivity contribution in [3.63, 3.8) is 0 Å². The molecule has 1 saturated carbocycles. The Morgan fingerprint density at radius 3 is 1.45 bits per heavy atom. The van der Waals surface area contributed by atoms with Crippen LogP contribution < -0.4 is 0 Å². The molecule has 0 bridgehead atoms. The number of aryl methyl sites for hydroxylation is 2. The lowest BCUT2D eigenvalue weighted by Gasteiger charge is -2.19. The zero-order valence-electron chi connectivity index (χ0n) is 13.6. The summed E-state index contributed by atoms with van der Waals surface area (Å²) >= 11 is 0. The summed E-state index contributed by atoms with van der Waals surface area (Å²) in [5.74, 6) is 0.813. The van der Waals surface area contributed by atoms with Gasteiger partial charge in [0.2, 0.25) is 0 Å². The molecule has 0 radical (unpaired) electrons. The molecule has 1 aromatic rings. The average Bonchev–Trinajstić information content (AvgIpc) is 2.38. The van der Waals surface area contributed by atoms with Crippen molar-refractivity contribution < 1.29 is 0 Å². The molecule has 20 heavy (non-hydrogen) atoms. The number of hydrogen-bond acceptors (Lipinski definition) is 0. The second-order valence-electron chi connectivity index (χ2n) is 6.88. The fourth-order valence-electron chi connectivity index (χ4n) is 3.74. The third kappa shape index (κ3) is 5.31. The van der Waals surface area contributed by atoms with Crippen LogP contribution in [0.25, 0.3) is 0 Å². The molecule has 0 nitrogen and oxygen atoms in total. The summed E-state index contributed by atoms with van der Waals surface area (Å²) in [6.45, 7) is 4.48. The monoisotopic (exact) mass is 272 g/mol. The van der Waals surface area contributed by atoms with Crippen LogP contribution in [0.1, 0.15) is 93.2 Å². The molecule has 0 unspecified atom stereocenters. The quantitative estimate of drug-likeness (QED) is 0.534. The largest absolute Gasteiger partial charge is 0.0564 e. The van der Waals surface area contributed by atoms with Gasteiger partial charge < -0.3 is 0 Å². The second-order valence-corrected chi connectivity index (χ2v) is 6.88. The molecule has 112 valence electrons. The predicted molar refractivity (Wildman–Crippen MR) is 89.4 cm³/mol. The molecule has 1 fully saturated rings. The fraction of sp³-hybridized carbons (Fsp3) is 0.700. The Balaban J connectivity index is 2.00. The topological polar surface area (TPSA) is 0 Å². The smallest absolute Gasteiger partial charge is 0.0162 e. The minimum atomic E-state index is 0.813. The van der Waals surface area contributed by atoms with Crippen molar-refractivity contribution in [2.75, 3.05) is 0 Å². The molecule has 1 aliphatic carbocycles. The van der Waals surface area contributed by atoms with Gasteiger partial charge in [-0.05, 0) is 38.2 Å². The number of benzene rings is 1. The van der Waals surface area contributed by atoms with Crippen molar-refractivity contribution in [1.82, 2.24) is 0 Å². The summed E-state index contributed by atoms with van der Waals surface area (Å²) in [6.07, 6.45) is 15.9. The van der Waals surface area contributed by atoms with Crippen LogP contribution in [0.4, 0.5) is 0 Å². The van der Waals surface area contributed by atoms with Crippen molar-refractivity contribution in [3.8, 4) is 0 Å². The van der Waals surface area contributed by atoms with Gasteiger partial charge in [-0.25, -0.2) is 0 Å². The van der Waals surface area contributed by atoms with E-state index in [1.54, 1.807) is 5.56 Å². The molecule has 2 rings (SSSR count). The maximum Gasteiger partial charge on any atom is -0.0162 e. The maximum absolute atomic E-state index is 2.43. The van der Waals surface area contributed by atoms with Gasteiger partial charge >= 0.3 is 0 Å². The van der Waals surface area contributed by atoms with E-state index >= 15 is 0 Å². The molecule has 0 saturated heterocycles. The minimum absolute atomic E-state index is 0.813. The highest BCUT2D eigenvalue weighted by atomic mass is 14.2. The van der Waals surface area contributed by atoms with Crippen LogP contribution in [0.15, 0.2) is 18.2 Å². The molecule has 0 aliphatic heterocycles. The van der Waals surface area contributed by atoms with Crippen molar-refractivity contribution >= 4 is 0 Å². The third-order valence-electron chi connectivity index (χ3n) is 4.82. The predicted octanol–water partition coefficient (Wildman–Crippen LogP) is 6.69. The lowest BCUT2D eigenvalue weighted by Crippen LogP contribution is -2.01. The van der Waals surface area contributed by atoms with Gasteiger partial charge in [0.1, 0.15) is 0 Å². The van der Waals surface area contributed by atoms with Crippen LogP contribution in [0.5, 0.6) is 0 Å².